The molecule has 7 heterocycles. The number of carbonyl (C=O) groups excluding carboxylic acids is 3. The third-order valence-corrected chi connectivity index (χ3v) is 9.25. The highest BCUT2D eigenvalue weighted by Crippen LogP contribution is 2.30. The van der Waals surface area contributed by atoms with Crippen molar-refractivity contribution in [2.45, 2.75) is 31.5 Å². The first-order valence-electron chi connectivity index (χ1n) is 16.9. The third-order valence-electron chi connectivity index (χ3n) is 9.25. The number of β-amino-alcohol motifs (C(OH)–C–C–N with tert-alkyl or cyclic N) is 1. The number of methoxy groups -OCH3 is 2. The number of hydrogen-bond acceptors (Lipinski definition) is 11. The zero-order valence-corrected chi connectivity index (χ0v) is 28.4. The van der Waals surface area contributed by atoms with Gasteiger partial charge in [-0.15, -0.1) is 0 Å². The van der Waals surface area contributed by atoms with E-state index in [0.29, 0.717) is 60.4 Å². The van der Waals surface area contributed by atoms with Crippen molar-refractivity contribution in [3.8, 4) is 23.0 Å². The zero-order valence-electron chi connectivity index (χ0n) is 28.4. The van der Waals surface area contributed by atoms with Crippen molar-refractivity contribution in [2.75, 3.05) is 78.1 Å². The molecule has 0 radical (unpaired) electrons. The van der Waals surface area contributed by atoms with Crippen LogP contribution in [0.1, 0.15) is 27.9 Å². The maximum absolute atomic E-state index is 14.1. The summed E-state index contributed by atoms with van der Waals surface area (Å²) in [6.07, 6.45) is 1.85. The average Bonchev–Trinajstić information content (AvgIpc) is 3.53. The number of nitrogens with one attached hydrogen (secondary N) is 2. The number of benzene rings is 2. The van der Waals surface area contributed by atoms with E-state index in [1.165, 1.54) is 7.11 Å². The molecule has 0 saturated carbocycles. The number of piperazine rings is 1. The minimum Gasteiger partial charge on any atom is -0.496 e. The number of rotatable bonds is 6. The lowest BCUT2D eigenvalue weighted by atomic mass is 10.1. The van der Waals surface area contributed by atoms with Crippen LogP contribution >= 0.6 is 0 Å². The summed E-state index contributed by atoms with van der Waals surface area (Å²) in [5.74, 6) is 1.78. The highest BCUT2D eigenvalue weighted by atomic mass is 16.5. The number of nitrogens with zero attached hydrogens (tertiary/aromatic N) is 4. The lowest BCUT2D eigenvalue weighted by Gasteiger charge is -2.36. The minimum atomic E-state index is -0.597. The van der Waals surface area contributed by atoms with Crippen LogP contribution in [0.2, 0.25) is 0 Å². The molecule has 6 aliphatic heterocycles. The number of hydrogen-bond donors (Lipinski definition) is 3. The van der Waals surface area contributed by atoms with Gasteiger partial charge in [0, 0.05) is 70.1 Å². The number of amides is 3. The fourth-order valence-electron chi connectivity index (χ4n) is 6.55. The summed E-state index contributed by atoms with van der Waals surface area (Å²) in [7, 11) is 3.07. The smallest absolute Gasteiger partial charge is 0.258 e. The van der Waals surface area contributed by atoms with Crippen LogP contribution in [0.15, 0.2) is 54.7 Å². The highest BCUT2D eigenvalue weighted by Gasteiger charge is 2.39. The predicted octanol–water partition coefficient (Wildman–Crippen LogP) is 1.24. The van der Waals surface area contributed by atoms with Gasteiger partial charge >= 0.3 is 0 Å². The molecule has 3 amide bonds. The van der Waals surface area contributed by atoms with Crippen molar-refractivity contribution in [1.82, 2.24) is 25.4 Å². The number of aromatic nitrogens is 1. The molecule has 0 spiro atoms. The van der Waals surface area contributed by atoms with Crippen molar-refractivity contribution >= 4 is 23.5 Å². The number of aryl methyl sites for hydroxylation is 1. The van der Waals surface area contributed by atoms with Gasteiger partial charge in [-0.3, -0.25) is 19.3 Å². The molecule has 50 heavy (non-hydrogen) atoms. The van der Waals surface area contributed by atoms with Crippen molar-refractivity contribution in [1.29, 1.82) is 0 Å². The van der Waals surface area contributed by atoms with Crippen molar-refractivity contribution in [3.63, 3.8) is 0 Å². The van der Waals surface area contributed by atoms with E-state index in [4.69, 9.17) is 18.9 Å². The van der Waals surface area contributed by atoms with Gasteiger partial charge in [0.25, 0.3) is 11.8 Å². The standard InChI is InChI=1S/C36H44N6O8/c1-47-30-19-26-8-7-25(30)20-38-33(44)10-6-24-5-9-29(31(18-24)48-2)49-23-34(45)39-28-21-42(22-32(28)50-26)36(46)27-4-3-11-37-35(27)41-14-12-40(13-15-41)16-17-43/h3-5,7-9,11,18-19,28,32,43H,6,10,12-17,20-23H2,1-2H3,(H,38,44)(H,39,45)/t28-,32-/m1/s1. The van der Waals surface area contributed by atoms with Crippen LogP contribution in [-0.2, 0) is 22.6 Å². The van der Waals surface area contributed by atoms with E-state index in [1.807, 2.05) is 12.1 Å². The van der Waals surface area contributed by atoms with Gasteiger partial charge in [0.15, 0.2) is 18.1 Å². The Morgan fingerprint density at radius 3 is 2.58 bits per heavy atom. The molecule has 3 N–H and O–H groups in total. The van der Waals surface area contributed by atoms with Crippen LogP contribution in [0, 0.1) is 0 Å². The molecule has 0 aliphatic carbocycles. The molecule has 4 bridgehead atoms. The van der Waals surface area contributed by atoms with Gasteiger partial charge in [0.05, 0.1) is 39.0 Å². The summed E-state index contributed by atoms with van der Waals surface area (Å²) >= 11 is 0. The normalized spacial score (nSPS) is 20.3. The van der Waals surface area contributed by atoms with Gasteiger partial charge < -0.3 is 44.5 Å². The Bertz CT molecular complexity index is 1680. The second kappa shape index (κ2) is 16.1. The van der Waals surface area contributed by atoms with Crippen LogP contribution in [0.25, 0.3) is 0 Å². The van der Waals surface area contributed by atoms with E-state index >= 15 is 0 Å². The first-order valence-corrected chi connectivity index (χ1v) is 16.9. The molecule has 2 aromatic carbocycles. The number of anilines is 1. The van der Waals surface area contributed by atoms with Gasteiger partial charge in [0.1, 0.15) is 23.4 Å². The Morgan fingerprint density at radius 2 is 1.80 bits per heavy atom. The van der Waals surface area contributed by atoms with Crippen LogP contribution in [0.5, 0.6) is 23.0 Å². The molecule has 1 aromatic heterocycles. The van der Waals surface area contributed by atoms with Crippen LogP contribution in [0.4, 0.5) is 5.82 Å². The highest BCUT2D eigenvalue weighted by molar-refractivity contribution is 5.99. The number of ether oxygens (including phenoxy) is 4. The number of likely N-dealkylation sites (tertiary alicyclic amines) is 1. The van der Waals surface area contributed by atoms with Crippen LogP contribution in [0.3, 0.4) is 0 Å². The lowest BCUT2D eigenvalue weighted by Crippen LogP contribution is -2.48. The van der Waals surface area contributed by atoms with Crippen LogP contribution < -0.4 is 34.5 Å². The first-order chi connectivity index (χ1) is 24.3. The van der Waals surface area contributed by atoms with Gasteiger partial charge in [0.2, 0.25) is 5.91 Å². The van der Waals surface area contributed by atoms with E-state index in [-0.39, 0.29) is 57.0 Å². The quantitative estimate of drug-likeness (QED) is 0.343. The summed E-state index contributed by atoms with van der Waals surface area (Å²) in [4.78, 5) is 50.7. The number of carbonyl (C=O) groups is 3. The Balaban J connectivity index is 1.25. The molecule has 2 atom stereocenters. The van der Waals surface area contributed by atoms with Crippen molar-refractivity contribution < 1.29 is 38.4 Å². The summed E-state index contributed by atoms with van der Waals surface area (Å²) in [6.45, 7) is 3.97. The molecule has 2 fully saturated rings. The Morgan fingerprint density at radius 1 is 0.980 bits per heavy atom. The minimum absolute atomic E-state index is 0.103. The molecule has 0 unspecified atom stereocenters. The average molecular weight is 689 g/mol. The molecule has 9 rings (SSSR count). The molecule has 14 heteroatoms. The maximum atomic E-state index is 14.1. The largest absolute Gasteiger partial charge is 0.496 e. The van der Waals surface area contributed by atoms with E-state index < -0.39 is 12.1 Å². The molecule has 266 valence electrons. The second-order valence-corrected chi connectivity index (χ2v) is 12.5. The van der Waals surface area contributed by atoms with Gasteiger partial charge in [-0.25, -0.2) is 4.98 Å². The molecule has 14 nitrogen and oxygen atoms in total. The van der Waals surface area contributed by atoms with Crippen LogP contribution in [-0.4, -0.2) is 123 Å². The Kier molecular flexibility index (Phi) is 11.2. The third kappa shape index (κ3) is 8.20. The number of aliphatic hydroxyl groups is 1. The lowest BCUT2D eigenvalue weighted by molar-refractivity contribution is -0.124. The molecule has 6 aliphatic rings. The van der Waals surface area contributed by atoms with E-state index in [9.17, 15) is 19.5 Å². The van der Waals surface area contributed by atoms with E-state index in [2.05, 4.69) is 25.4 Å². The molecule has 2 saturated heterocycles. The monoisotopic (exact) mass is 688 g/mol. The van der Waals surface area contributed by atoms with E-state index in [0.717, 1.165) is 24.2 Å². The van der Waals surface area contributed by atoms with E-state index in [1.54, 1.807) is 54.6 Å². The predicted molar refractivity (Wildman–Crippen MR) is 184 cm³/mol. The first kappa shape index (κ1) is 34.8. The molecular formula is C36H44N6O8. The maximum Gasteiger partial charge on any atom is 0.258 e. The summed E-state index contributed by atoms with van der Waals surface area (Å²) in [5.41, 5.74) is 2.14. The van der Waals surface area contributed by atoms with Gasteiger partial charge in [-0.1, -0.05) is 6.07 Å². The zero-order chi connectivity index (χ0) is 35.0. The van der Waals surface area contributed by atoms with Gasteiger partial charge in [-0.05, 0) is 48.4 Å². The fourth-order valence-corrected chi connectivity index (χ4v) is 6.55. The fraction of sp³-hybridized carbons (Fsp3) is 0.444. The topological polar surface area (TPSA) is 155 Å². The molecule has 3 aromatic rings. The van der Waals surface area contributed by atoms with Crippen molar-refractivity contribution in [3.05, 3.63) is 71.4 Å². The second-order valence-electron chi connectivity index (χ2n) is 12.5. The Labute approximate surface area is 291 Å². The summed E-state index contributed by atoms with van der Waals surface area (Å²) < 4.78 is 23.5. The summed E-state index contributed by atoms with van der Waals surface area (Å²) in [6, 6.07) is 13.7. The SMILES string of the molecule is COc1cc2ccc1CNC(=O)CCc1ccc(c(OC)c1)OCC(=O)N[C@@H]1CN(C(=O)c3cccnc3N3CCN(CCO)CC3)C[C@H]1O2. The van der Waals surface area contributed by atoms with Gasteiger partial charge in [-0.2, -0.15) is 0 Å². The number of aliphatic hydroxyl groups excluding tert-OH is 1. The number of pyridine rings is 1. The Hall–Kier alpha value is -5.08. The molecular weight excluding hydrogens is 644 g/mol. The van der Waals surface area contributed by atoms with Crippen molar-refractivity contribution in [2.24, 2.45) is 0 Å². The summed E-state index contributed by atoms with van der Waals surface area (Å²) in [5, 5.41) is 15.3.